The monoisotopic (exact) mass is 360 g/mol. The van der Waals surface area contributed by atoms with Crippen LogP contribution in [0.2, 0.25) is 24.7 Å². The van der Waals surface area contributed by atoms with Crippen LogP contribution >= 0.6 is 11.6 Å². The van der Waals surface area contributed by atoms with Crippen molar-refractivity contribution in [1.29, 1.82) is 0 Å². The van der Waals surface area contributed by atoms with Gasteiger partial charge in [-0.15, -0.1) is 0 Å². The van der Waals surface area contributed by atoms with Gasteiger partial charge in [-0.25, -0.2) is 4.79 Å². The standard InChI is InChI=1S/C19H21ClO3Si/c1-22-19(21)17(14-10-12-16(20)13-11-14)18(23-24(2,3)4)15-8-6-5-7-9-15/h5-13H,1-4H3/b18-17-. The van der Waals surface area contributed by atoms with E-state index in [1.165, 1.54) is 7.11 Å². The molecule has 5 heteroatoms. The van der Waals surface area contributed by atoms with Gasteiger partial charge >= 0.3 is 5.97 Å². The number of benzene rings is 2. The molecule has 0 spiro atoms. The van der Waals surface area contributed by atoms with Crippen LogP contribution in [0, 0.1) is 0 Å². The Balaban J connectivity index is 2.72. The Bertz CT molecular complexity index is 731. The van der Waals surface area contributed by atoms with E-state index in [0.29, 0.717) is 21.9 Å². The van der Waals surface area contributed by atoms with Gasteiger partial charge in [0, 0.05) is 10.6 Å². The Morgan fingerprint density at radius 1 is 0.917 bits per heavy atom. The van der Waals surface area contributed by atoms with Crippen molar-refractivity contribution in [3.05, 3.63) is 70.7 Å². The van der Waals surface area contributed by atoms with Crippen LogP contribution in [0.3, 0.4) is 0 Å². The number of carbonyl (C=O) groups is 1. The number of ether oxygens (including phenoxy) is 1. The molecule has 2 rings (SSSR count). The van der Waals surface area contributed by atoms with Gasteiger partial charge in [0.25, 0.3) is 0 Å². The van der Waals surface area contributed by atoms with Gasteiger partial charge in [0.15, 0.2) is 0 Å². The lowest BCUT2D eigenvalue weighted by Gasteiger charge is -2.24. The number of esters is 1. The summed E-state index contributed by atoms with van der Waals surface area (Å²) in [6, 6.07) is 16.7. The quantitative estimate of drug-likeness (QED) is 0.241. The van der Waals surface area contributed by atoms with Crippen molar-refractivity contribution in [3.8, 4) is 0 Å². The van der Waals surface area contributed by atoms with Crippen molar-refractivity contribution >= 4 is 37.2 Å². The third kappa shape index (κ3) is 4.73. The molecule has 0 aliphatic carbocycles. The molecule has 24 heavy (non-hydrogen) atoms. The molecule has 126 valence electrons. The summed E-state index contributed by atoms with van der Waals surface area (Å²) in [5, 5.41) is 0.607. The Labute approximate surface area is 149 Å². The lowest BCUT2D eigenvalue weighted by molar-refractivity contribution is -0.133. The zero-order valence-corrected chi connectivity index (χ0v) is 16.1. The van der Waals surface area contributed by atoms with Crippen molar-refractivity contribution in [2.45, 2.75) is 19.6 Å². The molecular formula is C19H21ClO3Si. The van der Waals surface area contributed by atoms with Gasteiger partial charge in [0.05, 0.1) is 7.11 Å². The topological polar surface area (TPSA) is 35.5 Å². The van der Waals surface area contributed by atoms with Gasteiger partial charge in [0.2, 0.25) is 8.32 Å². The Kier molecular flexibility index (Phi) is 5.86. The molecule has 0 saturated carbocycles. The number of hydrogen-bond donors (Lipinski definition) is 0. The van der Waals surface area contributed by atoms with E-state index in [-0.39, 0.29) is 0 Å². The summed E-state index contributed by atoms with van der Waals surface area (Å²) in [4.78, 5) is 12.5. The van der Waals surface area contributed by atoms with Crippen LogP contribution in [0.1, 0.15) is 11.1 Å². The summed E-state index contributed by atoms with van der Waals surface area (Å²) in [7, 11) is -0.590. The second-order valence-corrected chi connectivity index (χ2v) is 11.1. The minimum Gasteiger partial charge on any atom is -0.543 e. The molecule has 2 aromatic rings. The number of carbonyl (C=O) groups excluding carboxylic acids is 1. The molecular weight excluding hydrogens is 340 g/mol. The molecule has 0 aliphatic heterocycles. The van der Waals surface area contributed by atoms with E-state index in [2.05, 4.69) is 19.6 Å². The molecule has 0 unspecified atom stereocenters. The van der Waals surface area contributed by atoms with E-state index in [0.717, 1.165) is 5.56 Å². The first kappa shape index (κ1) is 18.3. The number of halogens is 1. The molecule has 0 fully saturated rings. The minimum absolute atomic E-state index is 0.405. The zero-order valence-electron chi connectivity index (χ0n) is 14.3. The molecule has 0 heterocycles. The van der Waals surface area contributed by atoms with Crippen molar-refractivity contribution < 1.29 is 14.0 Å². The molecule has 0 bridgehead atoms. The summed E-state index contributed by atoms with van der Waals surface area (Å²) in [6.07, 6.45) is 0. The highest BCUT2D eigenvalue weighted by atomic mass is 35.5. The maximum Gasteiger partial charge on any atom is 0.342 e. The van der Waals surface area contributed by atoms with Crippen LogP contribution in [0.5, 0.6) is 0 Å². The van der Waals surface area contributed by atoms with Gasteiger partial charge in [0.1, 0.15) is 11.3 Å². The Hall–Kier alpha value is -2.04. The van der Waals surface area contributed by atoms with Crippen LogP contribution in [-0.2, 0) is 14.0 Å². The lowest BCUT2D eigenvalue weighted by Crippen LogP contribution is -2.25. The van der Waals surface area contributed by atoms with Crippen molar-refractivity contribution in [1.82, 2.24) is 0 Å². The molecule has 0 radical (unpaired) electrons. The van der Waals surface area contributed by atoms with Crippen LogP contribution in [0.15, 0.2) is 54.6 Å². The SMILES string of the molecule is COC(=O)/C(=C(\O[Si](C)(C)C)c1ccccc1)c1ccc(Cl)cc1. The largest absolute Gasteiger partial charge is 0.543 e. The average molecular weight is 361 g/mol. The molecule has 0 amide bonds. The molecule has 0 saturated heterocycles. The fourth-order valence-corrected chi connectivity index (χ4v) is 3.17. The van der Waals surface area contributed by atoms with E-state index in [9.17, 15) is 4.79 Å². The summed E-state index contributed by atoms with van der Waals surface area (Å²) in [6.45, 7) is 6.23. The van der Waals surface area contributed by atoms with E-state index < -0.39 is 14.3 Å². The maximum absolute atomic E-state index is 12.5. The van der Waals surface area contributed by atoms with Gasteiger partial charge < -0.3 is 9.16 Å². The smallest absolute Gasteiger partial charge is 0.342 e. The minimum atomic E-state index is -1.96. The van der Waals surface area contributed by atoms with Gasteiger partial charge in [-0.1, -0.05) is 54.1 Å². The normalized spacial score (nSPS) is 12.4. The number of hydrogen-bond acceptors (Lipinski definition) is 3. The predicted molar refractivity (Wildman–Crippen MR) is 101 cm³/mol. The highest BCUT2D eigenvalue weighted by Gasteiger charge is 2.26. The summed E-state index contributed by atoms with van der Waals surface area (Å²) in [5.74, 6) is 0.110. The lowest BCUT2D eigenvalue weighted by atomic mass is 10.0. The predicted octanol–water partition coefficient (Wildman–Crippen LogP) is 5.23. The number of rotatable bonds is 5. The van der Waals surface area contributed by atoms with Crippen molar-refractivity contribution in [2.24, 2.45) is 0 Å². The molecule has 3 nitrogen and oxygen atoms in total. The second kappa shape index (κ2) is 7.68. The Morgan fingerprint density at radius 3 is 2.00 bits per heavy atom. The highest BCUT2D eigenvalue weighted by Crippen LogP contribution is 2.31. The summed E-state index contributed by atoms with van der Waals surface area (Å²) in [5.41, 5.74) is 1.96. The van der Waals surface area contributed by atoms with Gasteiger partial charge in [-0.05, 0) is 37.3 Å². The molecule has 2 aromatic carbocycles. The van der Waals surface area contributed by atoms with Crippen LogP contribution in [-0.4, -0.2) is 21.4 Å². The summed E-state index contributed by atoms with van der Waals surface area (Å²) < 4.78 is 11.3. The second-order valence-electron chi connectivity index (χ2n) is 6.28. The average Bonchev–Trinajstić information content (AvgIpc) is 2.55. The van der Waals surface area contributed by atoms with E-state index >= 15 is 0 Å². The molecule has 0 atom stereocenters. The van der Waals surface area contributed by atoms with Gasteiger partial charge in [-0.3, -0.25) is 0 Å². The van der Waals surface area contributed by atoms with Crippen LogP contribution < -0.4 is 0 Å². The Morgan fingerprint density at radius 2 is 1.50 bits per heavy atom. The van der Waals surface area contributed by atoms with Gasteiger partial charge in [-0.2, -0.15) is 0 Å². The third-order valence-electron chi connectivity index (χ3n) is 3.19. The van der Waals surface area contributed by atoms with Crippen molar-refractivity contribution in [3.63, 3.8) is 0 Å². The highest BCUT2D eigenvalue weighted by molar-refractivity contribution is 6.70. The van der Waals surface area contributed by atoms with Crippen molar-refractivity contribution in [2.75, 3.05) is 7.11 Å². The third-order valence-corrected chi connectivity index (χ3v) is 4.26. The maximum atomic E-state index is 12.5. The van der Waals surface area contributed by atoms with E-state index in [4.69, 9.17) is 20.8 Å². The molecule has 0 aliphatic rings. The summed E-state index contributed by atoms with van der Waals surface area (Å²) >= 11 is 5.98. The molecule has 0 N–H and O–H groups in total. The van der Waals surface area contributed by atoms with E-state index in [1.54, 1.807) is 24.3 Å². The van der Waals surface area contributed by atoms with Crippen LogP contribution in [0.4, 0.5) is 0 Å². The first-order chi connectivity index (χ1) is 11.3. The first-order valence-electron chi connectivity index (χ1n) is 7.65. The fraction of sp³-hybridized carbons (Fsp3) is 0.211. The first-order valence-corrected chi connectivity index (χ1v) is 11.4. The number of methoxy groups -OCH3 is 1. The van der Waals surface area contributed by atoms with E-state index in [1.807, 2.05) is 30.3 Å². The molecule has 0 aromatic heterocycles. The van der Waals surface area contributed by atoms with Crippen LogP contribution in [0.25, 0.3) is 11.3 Å². The zero-order chi connectivity index (χ0) is 17.7. The fourth-order valence-electron chi connectivity index (χ4n) is 2.21.